The van der Waals surface area contributed by atoms with E-state index in [1.807, 2.05) is 0 Å². The van der Waals surface area contributed by atoms with E-state index in [0.29, 0.717) is 5.41 Å². The highest BCUT2D eigenvalue weighted by Gasteiger charge is 2.28. The van der Waals surface area contributed by atoms with E-state index in [1.54, 1.807) is 6.33 Å². The fourth-order valence-electron chi connectivity index (χ4n) is 2.88. The molecule has 1 heterocycles. The van der Waals surface area contributed by atoms with Gasteiger partial charge in [-0.1, -0.05) is 33.1 Å². The predicted octanol–water partition coefficient (Wildman–Crippen LogP) is 2.71. The van der Waals surface area contributed by atoms with Gasteiger partial charge in [-0.2, -0.15) is 0 Å². The summed E-state index contributed by atoms with van der Waals surface area (Å²) in [5.41, 5.74) is 4.17. The number of aromatic nitrogens is 2. The van der Waals surface area contributed by atoms with Crippen molar-refractivity contribution in [2.45, 2.75) is 52.4 Å². The van der Waals surface area contributed by atoms with Gasteiger partial charge in [0.15, 0.2) is 0 Å². The quantitative estimate of drug-likeness (QED) is 0.543. The zero-order valence-electron chi connectivity index (χ0n) is 12.0. The van der Waals surface area contributed by atoms with Crippen LogP contribution < -0.4 is 16.6 Å². The summed E-state index contributed by atoms with van der Waals surface area (Å²) in [7, 11) is 0. The van der Waals surface area contributed by atoms with Crippen molar-refractivity contribution >= 4 is 11.6 Å². The number of nitrogens with one attached hydrogen (secondary N) is 2. The summed E-state index contributed by atoms with van der Waals surface area (Å²) in [5.74, 6) is 7.19. The van der Waals surface area contributed by atoms with E-state index in [4.69, 9.17) is 5.84 Å². The molecule has 5 heteroatoms. The second kappa shape index (κ2) is 6.19. The molecule has 0 saturated heterocycles. The van der Waals surface area contributed by atoms with E-state index < -0.39 is 0 Å². The molecule has 4 N–H and O–H groups in total. The number of nitrogen functional groups attached to an aromatic ring is 1. The highest BCUT2D eigenvalue weighted by Crippen LogP contribution is 2.37. The third-order valence-corrected chi connectivity index (χ3v) is 4.08. The van der Waals surface area contributed by atoms with Gasteiger partial charge in [0.2, 0.25) is 0 Å². The molecule has 106 valence electrons. The molecular weight excluding hydrogens is 238 g/mol. The van der Waals surface area contributed by atoms with Gasteiger partial charge in [-0.05, 0) is 24.7 Å². The minimum atomic E-state index is 0.407. The van der Waals surface area contributed by atoms with Crippen LogP contribution in [0.1, 0.15) is 51.5 Å². The maximum atomic E-state index is 5.53. The van der Waals surface area contributed by atoms with Gasteiger partial charge in [0.1, 0.15) is 18.0 Å². The summed E-state index contributed by atoms with van der Waals surface area (Å²) in [6.07, 6.45) is 8.84. The molecule has 19 heavy (non-hydrogen) atoms. The van der Waals surface area contributed by atoms with Crippen LogP contribution >= 0.6 is 0 Å². The van der Waals surface area contributed by atoms with E-state index in [1.165, 1.54) is 25.7 Å². The first kappa shape index (κ1) is 14.1. The Kier molecular flexibility index (Phi) is 4.58. The molecule has 1 aliphatic carbocycles. The topological polar surface area (TPSA) is 75.9 Å². The van der Waals surface area contributed by atoms with Crippen molar-refractivity contribution in [2.75, 3.05) is 17.3 Å². The Labute approximate surface area is 115 Å². The van der Waals surface area contributed by atoms with E-state index in [9.17, 15) is 0 Å². The second-order valence-electron chi connectivity index (χ2n) is 5.82. The normalized spacial score (nSPS) is 17.4. The Balaban J connectivity index is 2.10. The minimum absolute atomic E-state index is 0.407. The Bertz CT molecular complexity index is 412. The molecule has 2 rings (SSSR count). The maximum absolute atomic E-state index is 5.53. The molecule has 0 aliphatic heterocycles. The summed E-state index contributed by atoms with van der Waals surface area (Å²) < 4.78 is 0. The molecule has 5 nitrogen and oxygen atoms in total. The standard InChI is InChI=1S/C14H25N5/c1-3-6-11-12(17-10-18-13(11)19-15)16-9-14(2)7-4-5-8-14/h10H,3-9,15H2,1-2H3,(H2,16,17,18,19). The summed E-state index contributed by atoms with van der Waals surface area (Å²) in [4.78, 5) is 8.57. The van der Waals surface area contributed by atoms with E-state index in [2.05, 4.69) is 34.6 Å². The van der Waals surface area contributed by atoms with Gasteiger partial charge >= 0.3 is 0 Å². The number of hydrazine groups is 1. The van der Waals surface area contributed by atoms with Crippen molar-refractivity contribution in [3.63, 3.8) is 0 Å². The predicted molar refractivity (Wildman–Crippen MR) is 78.9 cm³/mol. The van der Waals surface area contributed by atoms with Crippen molar-refractivity contribution in [3.05, 3.63) is 11.9 Å². The molecular formula is C14H25N5. The van der Waals surface area contributed by atoms with Crippen LogP contribution in [-0.4, -0.2) is 16.5 Å². The first-order valence-corrected chi connectivity index (χ1v) is 7.23. The van der Waals surface area contributed by atoms with Gasteiger partial charge in [-0.25, -0.2) is 15.8 Å². The lowest BCUT2D eigenvalue weighted by Gasteiger charge is -2.25. The Morgan fingerprint density at radius 3 is 2.58 bits per heavy atom. The monoisotopic (exact) mass is 263 g/mol. The summed E-state index contributed by atoms with van der Waals surface area (Å²) in [6.45, 7) is 5.48. The molecule has 1 fully saturated rings. The Hall–Kier alpha value is -1.36. The summed E-state index contributed by atoms with van der Waals surface area (Å²) in [6, 6.07) is 0. The maximum Gasteiger partial charge on any atom is 0.148 e. The largest absolute Gasteiger partial charge is 0.369 e. The first-order valence-electron chi connectivity index (χ1n) is 7.23. The lowest BCUT2D eigenvalue weighted by Crippen LogP contribution is -2.24. The molecule has 1 aliphatic rings. The number of nitrogens with two attached hydrogens (primary N) is 1. The smallest absolute Gasteiger partial charge is 0.148 e. The number of rotatable bonds is 6. The summed E-state index contributed by atoms with van der Waals surface area (Å²) in [5, 5.41) is 3.51. The van der Waals surface area contributed by atoms with Gasteiger partial charge in [0.05, 0.1) is 0 Å². The van der Waals surface area contributed by atoms with Gasteiger partial charge in [-0.3, -0.25) is 0 Å². The van der Waals surface area contributed by atoms with Crippen molar-refractivity contribution < 1.29 is 0 Å². The molecule has 1 aromatic rings. The molecule has 0 unspecified atom stereocenters. The van der Waals surface area contributed by atoms with Crippen LogP contribution in [0.5, 0.6) is 0 Å². The van der Waals surface area contributed by atoms with Gasteiger partial charge < -0.3 is 10.7 Å². The number of nitrogens with zero attached hydrogens (tertiary/aromatic N) is 2. The summed E-state index contributed by atoms with van der Waals surface area (Å²) >= 11 is 0. The highest BCUT2D eigenvalue weighted by molar-refractivity contribution is 5.57. The van der Waals surface area contributed by atoms with Gasteiger partial charge in [0.25, 0.3) is 0 Å². The molecule has 1 aromatic heterocycles. The minimum Gasteiger partial charge on any atom is -0.369 e. The number of hydrogen-bond donors (Lipinski definition) is 3. The first-order chi connectivity index (χ1) is 9.18. The number of hydrogen-bond acceptors (Lipinski definition) is 5. The van der Waals surface area contributed by atoms with Crippen LogP contribution in [0.3, 0.4) is 0 Å². The zero-order chi connectivity index (χ0) is 13.7. The number of anilines is 2. The second-order valence-corrected chi connectivity index (χ2v) is 5.82. The molecule has 0 radical (unpaired) electrons. The Morgan fingerprint density at radius 1 is 1.26 bits per heavy atom. The van der Waals surface area contributed by atoms with Crippen molar-refractivity contribution in [1.82, 2.24) is 9.97 Å². The fourth-order valence-corrected chi connectivity index (χ4v) is 2.88. The van der Waals surface area contributed by atoms with Crippen LogP contribution in [0.2, 0.25) is 0 Å². The lowest BCUT2D eigenvalue weighted by atomic mass is 9.89. The van der Waals surface area contributed by atoms with Crippen LogP contribution in [0.25, 0.3) is 0 Å². The van der Waals surface area contributed by atoms with Crippen molar-refractivity contribution in [1.29, 1.82) is 0 Å². The van der Waals surface area contributed by atoms with E-state index in [0.717, 1.165) is 36.6 Å². The van der Waals surface area contributed by atoms with Crippen molar-refractivity contribution in [2.24, 2.45) is 11.3 Å². The molecule has 0 atom stereocenters. The van der Waals surface area contributed by atoms with Crippen LogP contribution in [0, 0.1) is 5.41 Å². The highest BCUT2D eigenvalue weighted by atomic mass is 15.3. The van der Waals surface area contributed by atoms with Crippen molar-refractivity contribution in [3.8, 4) is 0 Å². The molecule has 0 spiro atoms. The molecule has 0 amide bonds. The fraction of sp³-hybridized carbons (Fsp3) is 0.714. The lowest BCUT2D eigenvalue weighted by molar-refractivity contribution is 0.361. The molecule has 0 aromatic carbocycles. The third kappa shape index (κ3) is 3.35. The third-order valence-electron chi connectivity index (χ3n) is 4.08. The zero-order valence-corrected chi connectivity index (χ0v) is 12.0. The molecule has 1 saturated carbocycles. The van der Waals surface area contributed by atoms with Crippen LogP contribution in [0.15, 0.2) is 6.33 Å². The average Bonchev–Trinajstić information content (AvgIpc) is 2.85. The molecule has 0 bridgehead atoms. The van der Waals surface area contributed by atoms with E-state index in [-0.39, 0.29) is 0 Å². The average molecular weight is 263 g/mol. The van der Waals surface area contributed by atoms with Crippen LogP contribution in [0.4, 0.5) is 11.6 Å². The van der Waals surface area contributed by atoms with Crippen LogP contribution in [-0.2, 0) is 6.42 Å². The van der Waals surface area contributed by atoms with Gasteiger partial charge in [0, 0.05) is 12.1 Å². The Morgan fingerprint density at radius 2 is 1.95 bits per heavy atom. The van der Waals surface area contributed by atoms with E-state index >= 15 is 0 Å². The van der Waals surface area contributed by atoms with Gasteiger partial charge in [-0.15, -0.1) is 0 Å². The SMILES string of the molecule is CCCc1c(NN)ncnc1NCC1(C)CCCC1.